The fourth-order valence-corrected chi connectivity index (χ4v) is 5.07. The van der Waals surface area contributed by atoms with Crippen molar-refractivity contribution in [1.29, 1.82) is 0 Å². The molecule has 0 amide bonds. The van der Waals surface area contributed by atoms with Gasteiger partial charge < -0.3 is 5.32 Å². The maximum atomic E-state index is 13.6. The van der Waals surface area contributed by atoms with Gasteiger partial charge in [0.1, 0.15) is 5.82 Å². The first-order valence-corrected chi connectivity index (χ1v) is 9.32. The third-order valence-electron chi connectivity index (χ3n) is 5.10. The van der Waals surface area contributed by atoms with Crippen molar-refractivity contribution in [2.75, 3.05) is 5.75 Å². The normalized spacial score (nSPS) is 29.4. The molecule has 1 heterocycles. The Kier molecular flexibility index (Phi) is 4.90. The predicted octanol–water partition coefficient (Wildman–Crippen LogP) is 5.17. The summed E-state index contributed by atoms with van der Waals surface area (Å²) in [6, 6.07) is 6.21. The van der Waals surface area contributed by atoms with E-state index < -0.39 is 0 Å². The minimum absolute atomic E-state index is 0.105. The van der Waals surface area contributed by atoms with Crippen molar-refractivity contribution in [3.8, 4) is 0 Å². The van der Waals surface area contributed by atoms with Crippen molar-refractivity contribution in [2.45, 2.75) is 62.9 Å². The van der Waals surface area contributed by atoms with Gasteiger partial charge in [0, 0.05) is 17.0 Å². The highest BCUT2D eigenvalue weighted by atomic mass is 32.2. The van der Waals surface area contributed by atoms with Crippen LogP contribution in [-0.4, -0.2) is 11.8 Å². The largest absolute Gasteiger partial charge is 0.307 e. The third kappa shape index (κ3) is 3.45. The first kappa shape index (κ1) is 15.4. The second-order valence-corrected chi connectivity index (χ2v) is 7.97. The van der Waals surface area contributed by atoms with Crippen LogP contribution in [0.1, 0.15) is 57.6 Å². The van der Waals surface area contributed by atoms with Crippen molar-refractivity contribution in [3.63, 3.8) is 0 Å². The first-order valence-electron chi connectivity index (χ1n) is 8.33. The fourth-order valence-electron chi connectivity index (χ4n) is 3.96. The highest BCUT2D eigenvalue weighted by Gasteiger charge is 2.31. The van der Waals surface area contributed by atoms with Crippen molar-refractivity contribution in [2.24, 2.45) is 11.8 Å². The Bertz CT molecular complexity index is 488. The molecule has 2 aliphatic rings. The summed E-state index contributed by atoms with van der Waals surface area (Å²) in [5.41, 5.74) is 1.18. The highest BCUT2D eigenvalue weighted by molar-refractivity contribution is 7.99. The van der Waals surface area contributed by atoms with E-state index in [0.29, 0.717) is 12.1 Å². The van der Waals surface area contributed by atoms with E-state index in [1.54, 1.807) is 12.1 Å². The van der Waals surface area contributed by atoms with Crippen molar-refractivity contribution in [3.05, 3.63) is 29.6 Å². The van der Waals surface area contributed by atoms with Crippen LogP contribution in [0.25, 0.3) is 0 Å². The van der Waals surface area contributed by atoms with Gasteiger partial charge in [0.05, 0.1) is 0 Å². The Morgan fingerprint density at radius 1 is 1.19 bits per heavy atom. The van der Waals surface area contributed by atoms with Gasteiger partial charge in [-0.05, 0) is 60.6 Å². The fraction of sp³-hybridized carbons (Fsp3) is 0.667. The van der Waals surface area contributed by atoms with E-state index in [1.807, 2.05) is 17.8 Å². The van der Waals surface area contributed by atoms with E-state index >= 15 is 0 Å². The Morgan fingerprint density at radius 3 is 2.81 bits per heavy atom. The molecule has 3 heteroatoms. The molecule has 1 fully saturated rings. The van der Waals surface area contributed by atoms with Gasteiger partial charge in [-0.1, -0.05) is 26.7 Å². The van der Waals surface area contributed by atoms with Gasteiger partial charge in [-0.3, -0.25) is 0 Å². The summed E-state index contributed by atoms with van der Waals surface area (Å²) in [7, 11) is 0. The number of hydrogen-bond acceptors (Lipinski definition) is 2. The second kappa shape index (κ2) is 6.70. The molecular formula is C18H26FNS. The Morgan fingerprint density at radius 2 is 2.00 bits per heavy atom. The quantitative estimate of drug-likeness (QED) is 0.827. The third-order valence-corrected chi connectivity index (χ3v) is 6.22. The number of thioether (sulfide) groups is 1. The maximum Gasteiger partial charge on any atom is 0.123 e. The minimum Gasteiger partial charge on any atom is -0.307 e. The van der Waals surface area contributed by atoms with Crippen LogP contribution in [0, 0.1) is 17.7 Å². The lowest BCUT2D eigenvalue weighted by Gasteiger charge is -2.39. The number of hydrogen-bond donors (Lipinski definition) is 1. The smallest absolute Gasteiger partial charge is 0.123 e. The van der Waals surface area contributed by atoms with Gasteiger partial charge in [0.25, 0.3) is 0 Å². The van der Waals surface area contributed by atoms with E-state index in [0.717, 1.165) is 24.0 Å². The van der Waals surface area contributed by atoms with E-state index in [9.17, 15) is 4.39 Å². The van der Waals surface area contributed by atoms with Crippen LogP contribution in [0.2, 0.25) is 0 Å². The zero-order valence-corrected chi connectivity index (χ0v) is 13.9. The molecule has 3 atom stereocenters. The minimum atomic E-state index is -0.105. The molecule has 1 saturated carbocycles. The number of rotatable bonds is 3. The predicted molar refractivity (Wildman–Crippen MR) is 88.2 cm³/mol. The average molecular weight is 307 g/mol. The molecule has 0 bridgehead atoms. The van der Waals surface area contributed by atoms with E-state index in [2.05, 4.69) is 19.2 Å². The van der Waals surface area contributed by atoms with Gasteiger partial charge in [-0.15, -0.1) is 11.8 Å². The first-order chi connectivity index (χ1) is 10.1. The van der Waals surface area contributed by atoms with Crippen molar-refractivity contribution in [1.82, 2.24) is 5.32 Å². The van der Waals surface area contributed by atoms with Crippen molar-refractivity contribution < 1.29 is 4.39 Å². The van der Waals surface area contributed by atoms with Crippen LogP contribution in [-0.2, 0) is 0 Å². The van der Waals surface area contributed by atoms with Crippen LogP contribution in [0.3, 0.4) is 0 Å². The standard InChI is InChI=1S/C18H26FNS/c1-12(2)14-5-3-4-6-16(14)20-17-9-10-21-18-8-7-13(19)11-15(17)18/h7-8,11-12,14,16-17,20H,3-6,9-10H2,1-2H3. The van der Waals surface area contributed by atoms with Crippen LogP contribution in [0.5, 0.6) is 0 Å². The van der Waals surface area contributed by atoms with Crippen LogP contribution in [0.15, 0.2) is 23.1 Å². The molecule has 1 nitrogen and oxygen atoms in total. The Balaban J connectivity index is 1.77. The summed E-state index contributed by atoms with van der Waals surface area (Å²) >= 11 is 1.86. The molecular weight excluding hydrogens is 281 g/mol. The number of halogens is 1. The molecule has 3 unspecified atom stereocenters. The number of fused-ring (bicyclic) bond motifs is 1. The molecule has 3 rings (SSSR count). The molecule has 1 aromatic rings. The second-order valence-electron chi connectivity index (χ2n) is 6.84. The molecule has 0 spiro atoms. The van der Waals surface area contributed by atoms with E-state index in [1.165, 1.54) is 36.1 Å². The zero-order chi connectivity index (χ0) is 14.8. The van der Waals surface area contributed by atoms with E-state index in [-0.39, 0.29) is 5.82 Å². The van der Waals surface area contributed by atoms with Crippen LogP contribution >= 0.6 is 11.8 Å². The van der Waals surface area contributed by atoms with Gasteiger partial charge >= 0.3 is 0 Å². The highest BCUT2D eigenvalue weighted by Crippen LogP contribution is 2.39. The summed E-state index contributed by atoms with van der Waals surface area (Å²) in [4.78, 5) is 1.26. The molecule has 0 aromatic heterocycles. The SMILES string of the molecule is CC(C)C1CCCCC1NC1CCSc2ccc(F)cc21. The number of nitrogens with one attached hydrogen (secondary N) is 1. The number of benzene rings is 1. The van der Waals surface area contributed by atoms with Gasteiger partial charge in [-0.2, -0.15) is 0 Å². The zero-order valence-electron chi connectivity index (χ0n) is 13.1. The molecule has 116 valence electrons. The summed E-state index contributed by atoms with van der Waals surface area (Å²) in [6.07, 6.45) is 6.43. The molecule has 1 aliphatic carbocycles. The van der Waals surface area contributed by atoms with E-state index in [4.69, 9.17) is 0 Å². The molecule has 0 radical (unpaired) electrons. The van der Waals surface area contributed by atoms with Gasteiger partial charge in [0.15, 0.2) is 0 Å². The molecule has 1 aromatic carbocycles. The average Bonchev–Trinajstić information content (AvgIpc) is 2.48. The molecule has 1 aliphatic heterocycles. The monoisotopic (exact) mass is 307 g/mol. The van der Waals surface area contributed by atoms with Crippen LogP contribution in [0.4, 0.5) is 4.39 Å². The van der Waals surface area contributed by atoms with Crippen molar-refractivity contribution >= 4 is 11.8 Å². The molecule has 21 heavy (non-hydrogen) atoms. The lowest BCUT2D eigenvalue weighted by molar-refractivity contribution is 0.190. The Hall–Kier alpha value is -0.540. The lowest BCUT2D eigenvalue weighted by atomic mass is 9.77. The maximum absolute atomic E-state index is 13.6. The Labute approximate surface area is 132 Å². The molecule has 1 N–H and O–H groups in total. The van der Waals surface area contributed by atoms with Gasteiger partial charge in [-0.25, -0.2) is 4.39 Å². The summed E-state index contributed by atoms with van der Waals surface area (Å²) < 4.78 is 13.6. The topological polar surface area (TPSA) is 12.0 Å². The molecule has 0 saturated heterocycles. The van der Waals surface area contributed by atoms with Gasteiger partial charge in [0.2, 0.25) is 0 Å². The summed E-state index contributed by atoms with van der Waals surface area (Å²) in [5.74, 6) is 2.53. The van der Waals surface area contributed by atoms with Crippen LogP contribution < -0.4 is 5.32 Å². The summed E-state index contributed by atoms with van der Waals surface area (Å²) in [5, 5.41) is 3.89. The lowest BCUT2D eigenvalue weighted by Crippen LogP contribution is -2.43. The summed E-state index contributed by atoms with van der Waals surface area (Å²) in [6.45, 7) is 4.68.